The summed E-state index contributed by atoms with van der Waals surface area (Å²) in [7, 11) is 0. The summed E-state index contributed by atoms with van der Waals surface area (Å²) in [5.41, 5.74) is 6.29. The Morgan fingerprint density at radius 1 is 1.29 bits per heavy atom. The van der Waals surface area contributed by atoms with E-state index in [2.05, 4.69) is 15.3 Å². The number of H-pyrrole nitrogens is 1. The van der Waals surface area contributed by atoms with Gasteiger partial charge in [0, 0.05) is 23.6 Å². The number of aromatic nitrogens is 2. The molecular formula is C21H18Cl3FN4O2. The van der Waals surface area contributed by atoms with Gasteiger partial charge in [0.15, 0.2) is 17.3 Å². The Morgan fingerprint density at radius 2 is 2.06 bits per heavy atom. The molecule has 0 spiro atoms. The zero-order valence-corrected chi connectivity index (χ0v) is 18.6. The average molecular weight is 484 g/mol. The second-order valence-corrected chi connectivity index (χ2v) is 7.63. The third-order valence-electron chi connectivity index (χ3n) is 4.23. The number of rotatable bonds is 7. The highest BCUT2D eigenvalue weighted by Crippen LogP contribution is 2.35. The van der Waals surface area contributed by atoms with Crippen molar-refractivity contribution in [1.29, 1.82) is 0 Å². The molecule has 1 amide bonds. The van der Waals surface area contributed by atoms with E-state index in [9.17, 15) is 4.79 Å². The minimum Gasteiger partial charge on any atom is -0.453 e. The third-order valence-corrected chi connectivity index (χ3v) is 5.02. The molecule has 0 aliphatic heterocycles. The first kappa shape index (κ1) is 22.9. The van der Waals surface area contributed by atoms with Gasteiger partial charge >= 0.3 is 0 Å². The Bertz CT molecular complexity index is 1150. The van der Waals surface area contributed by atoms with Crippen LogP contribution in [0.25, 0.3) is 6.08 Å². The van der Waals surface area contributed by atoms with Crippen molar-refractivity contribution in [2.45, 2.75) is 19.9 Å². The van der Waals surface area contributed by atoms with Crippen LogP contribution in [0.5, 0.6) is 11.5 Å². The molecule has 10 heteroatoms. The van der Waals surface area contributed by atoms with E-state index in [0.29, 0.717) is 22.8 Å². The summed E-state index contributed by atoms with van der Waals surface area (Å²) < 4.78 is 20.7. The number of benzene rings is 2. The van der Waals surface area contributed by atoms with Gasteiger partial charge in [-0.25, -0.2) is 9.37 Å². The highest BCUT2D eigenvalue weighted by atomic mass is 35.5. The van der Waals surface area contributed by atoms with Crippen LogP contribution in [0.2, 0.25) is 15.2 Å². The van der Waals surface area contributed by atoms with Crippen LogP contribution in [-0.2, 0) is 13.0 Å². The zero-order valence-electron chi connectivity index (χ0n) is 16.3. The molecule has 0 unspecified atom stereocenters. The number of aromatic amines is 1. The lowest BCUT2D eigenvalue weighted by molar-refractivity contribution is 0.0946. The monoisotopic (exact) mass is 482 g/mol. The zero-order chi connectivity index (χ0) is 22.5. The first-order valence-corrected chi connectivity index (χ1v) is 10.3. The molecule has 0 saturated heterocycles. The topological polar surface area (TPSA) is 93.0 Å². The SMILES string of the molecule is CCc1nc(C(=O)NCc2ccc(Cl)c(Oc3cc(Cl)cc(C=CN)c3)c2F)c(Cl)[nH]1. The van der Waals surface area contributed by atoms with Gasteiger partial charge in [0.05, 0.1) is 5.02 Å². The lowest BCUT2D eigenvalue weighted by atomic mass is 10.2. The van der Waals surface area contributed by atoms with Gasteiger partial charge in [-0.2, -0.15) is 0 Å². The molecule has 0 aliphatic rings. The lowest BCUT2D eigenvalue weighted by Gasteiger charge is -2.13. The van der Waals surface area contributed by atoms with Gasteiger partial charge in [-0.05, 0) is 42.1 Å². The fourth-order valence-electron chi connectivity index (χ4n) is 2.75. The molecule has 0 atom stereocenters. The Morgan fingerprint density at radius 3 is 2.74 bits per heavy atom. The van der Waals surface area contributed by atoms with Gasteiger partial charge in [0.2, 0.25) is 0 Å². The van der Waals surface area contributed by atoms with Gasteiger partial charge < -0.3 is 20.8 Å². The number of carbonyl (C=O) groups is 1. The fraction of sp³-hybridized carbons (Fsp3) is 0.143. The fourth-order valence-corrected chi connectivity index (χ4v) is 3.40. The normalized spacial score (nSPS) is 11.1. The number of amides is 1. The largest absolute Gasteiger partial charge is 0.453 e. The second kappa shape index (κ2) is 10.0. The molecule has 0 saturated carbocycles. The Labute approximate surface area is 193 Å². The van der Waals surface area contributed by atoms with Crippen LogP contribution in [0.15, 0.2) is 36.5 Å². The van der Waals surface area contributed by atoms with Gasteiger partial charge in [0.1, 0.15) is 16.7 Å². The van der Waals surface area contributed by atoms with Crippen molar-refractivity contribution in [1.82, 2.24) is 15.3 Å². The number of halogens is 4. The second-order valence-electron chi connectivity index (χ2n) is 6.41. The standard InChI is InChI=1S/C21H18Cl3FN4O2/c1-2-16-28-18(20(24)29-16)21(30)27-10-12-3-4-15(23)19(17(12)25)31-14-8-11(5-6-26)7-13(22)9-14/h3-9H,2,10,26H2,1H3,(H,27,30)(H,28,29). The Kier molecular flexibility index (Phi) is 7.43. The molecule has 0 bridgehead atoms. The van der Waals surface area contributed by atoms with Crippen molar-refractivity contribution >= 4 is 46.8 Å². The molecule has 4 N–H and O–H groups in total. The quantitative estimate of drug-likeness (QED) is 0.400. The number of aryl methyl sites for hydroxylation is 1. The molecular weight excluding hydrogens is 466 g/mol. The number of hydrogen-bond acceptors (Lipinski definition) is 4. The summed E-state index contributed by atoms with van der Waals surface area (Å²) in [6, 6.07) is 7.75. The number of nitrogens with two attached hydrogens (primary N) is 1. The van der Waals surface area contributed by atoms with E-state index >= 15 is 4.39 Å². The number of carbonyl (C=O) groups excluding carboxylic acids is 1. The van der Waals surface area contributed by atoms with Crippen LogP contribution in [0, 0.1) is 5.82 Å². The first-order valence-electron chi connectivity index (χ1n) is 9.18. The maximum absolute atomic E-state index is 15.1. The smallest absolute Gasteiger partial charge is 0.273 e. The lowest BCUT2D eigenvalue weighted by Crippen LogP contribution is -2.24. The van der Waals surface area contributed by atoms with Gasteiger partial charge in [-0.1, -0.05) is 47.8 Å². The van der Waals surface area contributed by atoms with Crippen molar-refractivity contribution in [3.05, 3.63) is 80.2 Å². The summed E-state index contributed by atoms with van der Waals surface area (Å²) in [5, 5.41) is 3.16. The highest BCUT2D eigenvalue weighted by Gasteiger charge is 2.19. The maximum Gasteiger partial charge on any atom is 0.273 e. The number of nitrogens with zero attached hydrogens (tertiary/aromatic N) is 1. The molecule has 31 heavy (non-hydrogen) atoms. The third kappa shape index (κ3) is 5.50. The molecule has 1 aromatic heterocycles. The molecule has 0 aliphatic carbocycles. The molecule has 0 radical (unpaired) electrons. The van der Waals surface area contributed by atoms with Crippen molar-refractivity contribution in [2.75, 3.05) is 0 Å². The van der Waals surface area contributed by atoms with Crippen LogP contribution in [0.4, 0.5) is 4.39 Å². The highest BCUT2D eigenvalue weighted by molar-refractivity contribution is 6.32. The number of ether oxygens (including phenoxy) is 1. The summed E-state index contributed by atoms with van der Waals surface area (Å²) in [5.74, 6) is -0.590. The first-order chi connectivity index (χ1) is 14.8. The number of nitrogens with one attached hydrogen (secondary N) is 2. The van der Waals surface area contributed by atoms with Crippen LogP contribution in [0.1, 0.15) is 34.4 Å². The molecule has 3 aromatic rings. The predicted octanol–water partition coefficient (Wildman–Crippen LogP) is 5.72. The van der Waals surface area contributed by atoms with Gasteiger partial charge in [-0.15, -0.1) is 0 Å². The van der Waals surface area contributed by atoms with E-state index < -0.39 is 11.7 Å². The van der Waals surface area contributed by atoms with E-state index in [4.69, 9.17) is 45.3 Å². The average Bonchev–Trinajstić information content (AvgIpc) is 3.11. The van der Waals surface area contributed by atoms with E-state index in [1.54, 1.807) is 18.2 Å². The van der Waals surface area contributed by atoms with E-state index in [1.165, 1.54) is 24.4 Å². The predicted molar refractivity (Wildman–Crippen MR) is 120 cm³/mol. The minimum atomic E-state index is -0.717. The molecule has 6 nitrogen and oxygen atoms in total. The van der Waals surface area contributed by atoms with E-state index in [-0.39, 0.29) is 39.5 Å². The Balaban J connectivity index is 1.81. The molecule has 1 heterocycles. The van der Waals surface area contributed by atoms with Crippen molar-refractivity contribution < 1.29 is 13.9 Å². The van der Waals surface area contributed by atoms with Crippen LogP contribution >= 0.6 is 34.8 Å². The summed E-state index contributed by atoms with van der Waals surface area (Å²) >= 11 is 18.2. The van der Waals surface area contributed by atoms with E-state index in [0.717, 1.165) is 0 Å². The molecule has 3 rings (SSSR count). The van der Waals surface area contributed by atoms with Gasteiger partial charge in [-0.3, -0.25) is 4.79 Å². The van der Waals surface area contributed by atoms with Crippen LogP contribution in [-0.4, -0.2) is 15.9 Å². The number of hydrogen-bond donors (Lipinski definition) is 3. The minimum absolute atomic E-state index is 0.0452. The molecule has 0 fully saturated rings. The van der Waals surface area contributed by atoms with E-state index in [1.807, 2.05) is 6.92 Å². The molecule has 2 aromatic carbocycles. The summed E-state index contributed by atoms with van der Waals surface area (Å²) in [4.78, 5) is 19.3. The van der Waals surface area contributed by atoms with Crippen LogP contribution in [0.3, 0.4) is 0 Å². The summed E-state index contributed by atoms with van der Waals surface area (Å²) in [6.45, 7) is 1.75. The van der Waals surface area contributed by atoms with Gasteiger partial charge in [0.25, 0.3) is 5.91 Å². The van der Waals surface area contributed by atoms with Crippen molar-refractivity contribution in [3.8, 4) is 11.5 Å². The Hall–Kier alpha value is -2.74. The summed E-state index contributed by atoms with van der Waals surface area (Å²) in [6.07, 6.45) is 3.56. The maximum atomic E-state index is 15.1. The van der Waals surface area contributed by atoms with Crippen molar-refractivity contribution in [3.63, 3.8) is 0 Å². The molecule has 162 valence electrons. The van der Waals surface area contributed by atoms with Crippen LogP contribution < -0.4 is 15.8 Å². The number of imidazole rings is 1. The van der Waals surface area contributed by atoms with Crippen molar-refractivity contribution in [2.24, 2.45) is 5.73 Å².